The van der Waals surface area contributed by atoms with Crippen LogP contribution in [0.1, 0.15) is 25.7 Å². The third-order valence-corrected chi connectivity index (χ3v) is 7.88. The van der Waals surface area contributed by atoms with E-state index in [1.54, 1.807) is 6.20 Å². The van der Waals surface area contributed by atoms with Crippen molar-refractivity contribution in [2.75, 3.05) is 13.1 Å². The number of benzene rings is 1. The molecule has 0 unspecified atom stereocenters. The second-order valence-electron chi connectivity index (χ2n) is 6.84. The first-order chi connectivity index (χ1) is 14.0. The maximum atomic E-state index is 13.0. The van der Waals surface area contributed by atoms with Gasteiger partial charge in [0.2, 0.25) is 10.0 Å². The fraction of sp³-hybridized carbons (Fsp3) is 0.316. The predicted octanol–water partition coefficient (Wildman–Crippen LogP) is 3.96. The molecule has 3 heterocycles. The van der Waals surface area contributed by atoms with Crippen LogP contribution in [0.3, 0.4) is 0 Å². The molecule has 1 saturated heterocycles. The monoisotopic (exact) mass is 432 g/mol. The molecule has 152 valence electrons. The molecule has 0 saturated carbocycles. The SMILES string of the molecule is O=[N+]([O-])c1cc(S(=O)(=O)N2CCCCCC2)ccc1Sc1ncc2ccccn12. The average Bonchev–Trinajstić information content (AvgIpc) is 2.92. The Morgan fingerprint density at radius 2 is 1.83 bits per heavy atom. The van der Waals surface area contributed by atoms with Crippen molar-refractivity contribution in [3.05, 3.63) is 58.9 Å². The number of rotatable bonds is 5. The van der Waals surface area contributed by atoms with Crippen molar-refractivity contribution in [2.24, 2.45) is 0 Å². The minimum absolute atomic E-state index is 0.0385. The van der Waals surface area contributed by atoms with E-state index in [1.807, 2.05) is 28.8 Å². The molecule has 29 heavy (non-hydrogen) atoms. The summed E-state index contributed by atoms with van der Waals surface area (Å²) in [5.41, 5.74) is 0.636. The van der Waals surface area contributed by atoms with Crippen molar-refractivity contribution in [1.82, 2.24) is 13.7 Å². The van der Waals surface area contributed by atoms with Gasteiger partial charge < -0.3 is 0 Å². The minimum Gasteiger partial charge on any atom is -0.295 e. The Morgan fingerprint density at radius 1 is 1.07 bits per heavy atom. The van der Waals surface area contributed by atoms with Gasteiger partial charge in [0.1, 0.15) is 0 Å². The van der Waals surface area contributed by atoms with E-state index in [1.165, 1.54) is 22.5 Å². The molecule has 8 nitrogen and oxygen atoms in total. The highest BCUT2D eigenvalue weighted by molar-refractivity contribution is 7.99. The van der Waals surface area contributed by atoms with E-state index >= 15 is 0 Å². The molecule has 1 aliphatic rings. The Kier molecular flexibility index (Phi) is 5.57. The zero-order chi connectivity index (χ0) is 20.4. The molecule has 0 bridgehead atoms. The predicted molar refractivity (Wildman–Crippen MR) is 110 cm³/mol. The number of nitro groups is 1. The first kappa shape index (κ1) is 19.9. The summed E-state index contributed by atoms with van der Waals surface area (Å²) < 4.78 is 29.3. The first-order valence-electron chi connectivity index (χ1n) is 9.35. The van der Waals surface area contributed by atoms with Crippen LogP contribution in [0.25, 0.3) is 5.52 Å². The lowest BCUT2D eigenvalue weighted by Crippen LogP contribution is -2.31. The lowest BCUT2D eigenvalue weighted by atomic mass is 10.2. The second kappa shape index (κ2) is 8.13. The number of hydrogen-bond acceptors (Lipinski definition) is 6. The van der Waals surface area contributed by atoms with Crippen molar-refractivity contribution in [3.8, 4) is 0 Å². The molecule has 4 rings (SSSR count). The van der Waals surface area contributed by atoms with E-state index in [9.17, 15) is 18.5 Å². The van der Waals surface area contributed by atoms with Gasteiger partial charge in [-0.1, -0.05) is 18.9 Å². The normalized spacial score (nSPS) is 16.0. The Balaban J connectivity index is 1.69. The Labute approximate surface area is 172 Å². The summed E-state index contributed by atoms with van der Waals surface area (Å²) in [5, 5.41) is 12.3. The molecule has 0 N–H and O–H groups in total. The summed E-state index contributed by atoms with van der Waals surface area (Å²) in [6.07, 6.45) is 7.13. The number of nitro benzene ring substituents is 1. The Morgan fingerprint density at radius 3 is 2.55 bits per heavy atom. The van der Waals surface area contributed by atoms with Crippen LogP contribution in [0.4, 0.5) is 5.69 Å². The zero-order valence-electron chi connectivity index (χ0n) is 15.6. The number of fused-ring (bicyclic) bond motifs is 1. The van der Waals surface area contributed by atoms with Crippen LogP contribution in [0.15, 0.2) is 63.7 Å². The second-order valence-corrected chi connectivity index (χ2v) is 9.79. The highest BCUT2D eigenvalue weighted by Gasteiger charge is 2.28. The minimum atomic E-state index is -3.76. The van der Waals surface area contributed by atoms with E-state index in [2.05, 4.69) is 4.98 Å². The average molecular weight is 433 g/mol. The number of nitrogens with zero attached hydrogens (tertiary/aromatic N) is 4. The lowest BCUT2D eigenvalue weighted by molar-refractivity contribution is -0.388. The molecule has 3 aromatic rings. The van der Waals surface area contributed by atoms with Crippen LogP contribution in [0.2, 0.25) is 0 Å². The summed E-state index contributed by atoms with van der Waals surface area (Å²) >= 11 is 1.14. The Bertz CT molecular complexity index is 1150. The van der Waals surface area contributed by atoms with Crippen molar-refractivity contribution in [2.45, 2.75) is 40.6 Å². The maximum absolute atomic E-state index is 13.0. The molecule has 1 fully saturated rings. The molecular formula is C19H20N4O4S2. The number of hydrogen-bond donors (Lipinski definition) is 0. The molecule has 0 spiro atoms. The molecule has 1 aromatic carbocycles. The largest absolute Gasteiger partial charge is 0.295 e. The fourth-order valence-electron chi connectivity index (χ4n) is 3.41. The van der Waals surface area contributed by atoms with Gasteiger partial charge in [0.15, 0.2) is 5.16 Å². The van der Waals surface area contributed by atoms with Gasteiger partial charge in [-0.2, -0.15) is 4.31 Å². The van der Waals surface area contributed by atoms with Gasteiger partial charge in [0, 0.05) is 25.4 Å². The van der Waals surface area contributed by atoms with Crippen LogP contribution in [-0.4, -0.2) is 40.1 Å². The highest BCUT2D eigenvalue weighted by atomic mass is 32.2. The van der Waals surface area contributed by atoms with E-state index in [0.717, 1.165) is 43.0 Å². The molecule has 0 radical (unpaired) electrons. The van der Waals surface area contributed by atoms with Crippen LogP contribution >= 0.6 is 11.8 Å². The smallest absolute Gasteiger partial charge is 0.284 e. The molecule has 2 aromatic heterocycles. The van der Waals surface area contributed by atoms with Crippen molar-refractivity contribution >= 4 is 33.0 Å². The number of imidazole rings is 1. The third kappa shape index (κ3) is 4.00. The van der Waals surface area contributed by atoms with Crippen molar-refractivity contribution in [1.29, 1.82) is 0 Å². The van der Waals surface area contributed by atoms with Crippen molar-refractivity contribution in [3.63, 3.8) is 0 Å². The highest BCUT2D eigenvalue weighted by Crippen LogP contribution is 2.36. The van der Waals surface area contributed by atoms with E-state index in [4.69, 9.17) is 0 Å². The molecule has 0 atom stereocenters. The maximum Gasteiger partial charge on any atom is 0.284 e. The van der Waals surface area contributed by atoms with Gasteiger partial charge in [-0.15, -0.1) is 0 Å². The quantitative estimate of drug-likeness (QED) is 0.447. The van der Waals surface area contributed by atoms with Crippen molar-refractivity contribution < 1.29 is 13.3 Å². The summed E-state index contributed by atoms with van der Waals surface area (Å²) in [7, 11) is -3.76. The molecule has 1 aliphatic heterocycles. The van der Waals surface area contributed by atoms with Crippen LogP contribution in [0.5, 0.6) is 0 Å². The summed E-state index contributed by atoms with van der Waals surface area (Å²) in [6.45, 7) is 0.902. The van der Waals surface area contributed by atoms with Gasteiger partial charge >= 0.3 is 0 Å². The molecule has 10 heteroatoms. The topological polar surface area (TPSA) is 97.8 Å². The van der Waals surface area contributed by atoms with E-state index in [0.29, 0.717) is 23.1 Å². The van der Waals surface area contributed by atoms with Crippen LogP contribution in [-0.2, 0) is 10.0 Å². The van der Waals surface area contributed by atoms with Gasteiger partial charge in [-0.25, -0.2) is 13.4 Å². The fourth-order valence-corrected chi connectivity index (χ4v) is 5.89. The number of sulfonamides is 1. The Hall–Kier alpha value is -2.43. The number of aromatic nitrogens is 2. The van der Waals surface area contributed by atoms with Crippen LogP contribution < -0.4 is 0 Å². The zero-order valence-corrected chi connectivity index (χ0v) is 17.2. The van der Waals surface area contributed by atoms with Gasteiger partial charge in [-0.05, 0) is 48.9 Å². The summed E-state index contributed by atoms with van der Waals surface area (Å²) in [5.74, 6) is 0. The molecular weight excluding hydrogens is 412 g/mol. The standard InChI is InChI=1S/C19H20N4O4S2/c24-23(25)17-13-16(29(26,27)21-10-4-1-2-5-11-21)8-9-18(17)28-19-20-14-15-7-3-6-12-22(15)19/h3,6-9,12-14H,1-2,4-5,10-11H2. The molecule has 0 aliphatic carbocycles. The summed E-state index contributed by atoms with van der Waals surface area (Å²) in [4.78, 5) is 15.8. The van der Waals surface area contributed by atoms with E-state index in [-0.39, 0.29) is 10.6 Å². The summed E-state index contributed by atoms with van der Waals surface area (Å²) in [6, 6.07) is 9.74. The van der Waals surface area contributed by atoms with Gasteiger partial charge in [0.25, 0.3) is 5.69 Å². The van der Waals surface area contributed by atoms with E-state index < -0.39 is 14.9 Å². The third-order valence-electron chi connectivity index (χ3n) is 4.94. The first-order valence-corrected chi connectivity index (χ1v) is 11.6. The van der Waals surface area contributed by atoms with Gasteiger partial charge in [-0.3, -0.25) is 14.5 Å². The van der Waals surface area contributed by atoms with Gasteiger partial charge in [0.05, 0.1) is 26.4 Å². The number of pyridine rings is 1. The lowest BCUT2D eigenvalue weighted by Gasteiger charge is -2.20. The van der Waals surface area contributed by atoms with Crippen LogP contribution in [0, 0.1) is 10.1 Å². The molecule has 0 amide bonds.